The van der Waals surface area contributed by atoms with Crippen LogP contribution < -0.4 is 5.32 Å². The van der Waals surface area contributed by atoms with Crippen molar-refractivity contribution in [2.75, 3.05) is 0 Å². The monoisotopic (exact) mass is 287 g/mol. The molecule has 0 saturated heterocycles. The topological polar surface area (TPSA) is 43.0 Å². The van der Waals surface area contributed by atoms with Crippen LogP contribution in [0.1, 0.15) is 55.2 Å². The molecule has 0 fully saturated rings. The van der Waals surface area contributed by atoms with Crippen molar-refractivity contribution >= 4 is 0 Å². The molecule has 4 nitrogen and oxygen atoms in total. The minimum atomic E-state index is 0.471. The lowest BCUT2D eigenvalue weighted by Gasteiger charge is -2.13. The molecular weight excluding hydrogens is 262 g/mol. The Morgan fingerprint density at radius 2 is 2.14 bits per heavy atom. The summed E-state index contributed by atoms with van der Waals surface area (Å²) in [6.07, 6.45) is 6.80. The fourth-order valence-corrected chi connectivity index (χ4v) is 2.98. The van der Waals surface area contributed by atoms with Gasteiger partial charge in [-0.2, -0.15) is 0 Å². The Hall–Kier alpha value is -1.55. The normalized spacial score (nSPS) is 14.7. The number of imidazole rings is 1. The van der Waals surface area contributed by atoms with E-state index in [1.54, 1.807) is 0 Å². The molecule has 2 aromatic rings. The number of hydrogen-bond acceptors (Lipinski definition) is 3. The Morgan fingerprint density at radius 1 is 1.33 bits per heavy atom. The van der Waals surface area contributed by atoms with Gasteiger partial charge in [0.15, 0.2) is 0 Å². The van der Waals surface area contributed by atoms with Gasteiger partial charge >= 0.3 is 0 Å². The molecule has 0 amide bonds. The standard InChI is InChI=1S/C17H25N3O/c1-12(2)18-9-17-13(3)8-14(21-17)10-20-11-19-15-6-4-5-7-16(15)20/h8,11-12,18H,4-7,9-10H2,1-3H3. The Bertz CT molecular complexity index is 610. The van der Waals surface area contributed by atoms with Crippen LogP contribution in [0.5, 0.6) is 0 Å². The SMILES string of the molecule is Cc1cc(Cn2cnc3c2CCCC3)oc1CNC(C)C. The van der Waals surface area contributed by atoms with Crippen molar-refractivity contribution in [1.29, 1.82) is 0 Å². The number of rotatable bonds is 5. The first-order chi connectivity index (χ1) is 10.1. The van der Waals surface area contributed by atoms with Crippen LogP contribution in [0, 0.1) is 6.92 Å². The van der Waals surface area contributed by atoms with E-state index in [1.807, 2.05) is 6.33 Å². The molecule has 114 valence electrons. The number of nitrogens with one attached hydrogen (secondary N) is 1. The van der Waals surface area contributed by atoms with Gasteiger partial charge in [0.05, 0.1) is 25.1 Å². The quantitative estimate of drug-likeness (QED) is 0.918. The van der Waals surface area contributed by atoms with Crippen LogP contribution in [-0.4, -0.2) is 15.6 Å². The fourth-order valence-electron chi connectivity index (χ4n) is 2.98. The van der Waals surface area contributed by atoms with E-state index in [9.17, 15) is 0 Å². The molecular formula is C17H25N3O. The number of aromatic nitrogens is 2. The highest BCUT2D eigenvalue weighted by Gasteiger charge is 2.16. The molecule has 0 saturated carbocycles. The van der Waals surface area contributed by atoms with Gasteiger partial charge in [0.25, 0.3) is 0 Å². The van der Waals surface area contributed by atoms with Gasteiger partial charge in [-0.25, -0.2) is 4.98 Å². The number of nitrogens with zero attached hydrogens (tertiary/aromatic N) is 2. The Labute approximate surface area is 126 Å². The van der Waals surface area contributed by atoms with Crippen molar-refractivity contribution in [2.24, 2.45) is 0 Å². The van der Waals surface area contributed by atoms with Crippen molar-refractivity contribution < 1.29 is 4.42 Å². The molecule has 1 N–H and O–H groups in total. The number of aryl methyl sites for hydroxylation is 2. The lowest BCUT2D eigenvalue weighted by Crippen LogP contribution is -2.21. The van der Waals surface area contributed by atoms with Crippen molar-refractivity contribution in [3.8, 4) is 0 Å². The van der Waals surface area contributed by atoms with Crippen molar-refractivity contribution in [3.05, 3.63) is 40.9 Å². The molecule has 1 aliphatic carbocycles. The van der Waals surface area contributed by atoms with Crippen LogP contribution in [0.2, 0.25) is 0 Å². The number of hydrogen-bond donors (Lipinski definition) is 1. The van der Waals surface area contributed by atoms with Gasteiger partial charge < -0.3 is 14.3 Å². The maximum absolute atomic E-state index is 6.02. The summed E-state index contributed by atoms with van der Waals surface area (Å²) in [4.78, 5) is 4.55. The third kappa shape index (κ3) is 3.21. The summed E-state index contributed by atoms with van der Waals surface area (Å²) in [6.45, 7) is 8.01. The smallest absolute Gasteiger partial charge is 0.124 e. The summed E-state index contributed by atoms with van der Waals surface area (Å²) in [5.74, 6) is 2.08. The molecule has 0 unspecified atom stereocenters. The largest absolute Gasteiger partial charge is 0.463 e. The van der Waals surface area contributed by atoms with Crippen molar-refractivity contribution in [2.45, 2.75) is 65.6 Å². The van der Waals surface area contributed by atoms with E-state index in [-0.39, 0.29) is 0 Å². The molecule has 1 aliphatic rings. The zero-order valence-electron chi connectivity index (χ0n) is 13.3. The third-order valence-corrected chi connectivity index (χ3v) is 4.18. The molecule has 21 heavy (non-hydrogen) atoms. The molecule has 0 spiro atoms. The molecule has 3 rings (SSSR count). The summed E-state index contributed by atoms with van der Waals surface area (Å²) >= 11 is 0. The number of furan rings is 1. The maximum atomic E-state index is 6.02. The molecule has 4 heteroatoms. The lowest BCUT2D eigenvalue weighted by molar-refractivity contribution is 0.423. The molecule has 0 atom stereocenters. The summed E-state index contributed by atoms with van der Waals surface area (Å²) in [5.41, 5.74) is 3.91. The van der Waals surface area contributed by atoms with Crippen LogP contribution in [0.4, 0.5) is 0 Å². The highest BCUT2D eigenvalue weighted by molar-refractivity contribution is 5.22. The first-order valence-electron chi connectivity index (χ1n) is 7.98. The molecule has 0 aliphatic heterocycles. The fraction of sp³-hybridized carbons (Fsp3) is 0.588. The van der Waals surface area contributed by atoms with Gasteiger partial charge in [0.1, 0.15) is 11.5 Å². The zero-order valence-corrected chi connectivity index (χ0v) is 13.3. The molecule has 0 aromatic carbocycles. The minimum Gasteiger partial charge on any atom is -0.463 e. The molecule has 2 heterocycles. The summed E-state index contributed by atoms with van der Waals surface area (Å²) < 4.78 is 8.27. The lowest BCUT2D eigenvalue weighted by atomic mass is 10.0. The average molecular weight is 287 g/mol. The summed E-state index contributed by atoms with van der Waals surface area (Å²) in [7, 11) is 0. The molecule has 0 bridgehead atoms. The van der Waals surface area contributed by atoms with Crippen LogP contribution in [0.15, 0.2) is 16.8 Å². The van der Waals surface area contributed by atoms with Gasteiger partial charge in [-0.15, -0.1) is 0 Å². The second kappa shape index (κ2) is 6.06. The predicted octanol–water partition coefficient (Wildman–Crippen LogP) is 3.21. The van der Waals surface area contributed by atoms with Gasteiger partial charge in [0.2, 0.25) is 0 Å². The Kier molecular flexibility index (Phi) is 4.15. The van der Waals surface area contributed by atoms with Gasteiger partial charge in [-0.05, 0) is 44.2 Å². The van der Waals surface area contributed by atoms with E-state index >= 15 is 0 Å². The second-order valence-electron chi connectivity index (χ2n) is 6.33. The van der Waals surface area contributed by atoms with Gasteiger partial charge in [0, 0.05) is 11.7 Å². The van der Waals surface area contributed by atoms with Crippen LogP contribution in [-0.2, 0) is 25.9 Å². The second-order valence-corrected chi connectivity index (χ2v) is 6.33. The van der Waals surface area contributed by atoms with Crippen LogP contribution in [0.3, 0.4) is 0 Å². The first-order valence-corrected chi connectivity index (χ1v) is 7.98. The van der Waals surface area contributed by atoms with E-state index in [1.165, 1.54) is 29.8 Å². The zero-order chi connectivity index (χ0) is 14.8. The summed E-state index contributed by atoms with van der Waals surface area (Å²) in [5, 5.41) is 3.41. The minimum absolute atomic E-state index is 0.471. The van der Waals surface area contributed by atoms with E-state index in [0.29, 0.717) is 6.04 Å². The average Bonchev–Trinajstić information content (AvgIpc) is 3.01. The van der Waals surface area contributed by atoms with Gasteiger partial charge in [-0.1, -0.05) is 13.8 Å². The summed E-state index contributed by atoms with van der Waals surface area (Å²) in [6, 6.07) is 2.63. The van der Waals surface area contributed by atoms with Crippen LogP contribution >= 0.6 is 0 Å². The van der Waals surface area contributed by atoms with Crippen molar-refractivity contribution in [3.63, 3.8) is 0 Å². The first kappa shape index (κ1) is 14.4. The highest BCUT2D eigenvalue weighted by atomic mass is 16.3. The van der Waals surface area contributed by atoms with Gasteiger partial charge in [-0.3, -0.25) is 0 Å². The maximum Gasteiger partial charge on any atom is 0.124 e. The highest BCUT2D eigenvalue weighted by Crippen LogP contribution is 2.22. The predicted molar refractivity (Wildman–Crippen MR) is 83.4 cm³/mol. The van der Waals surface area contributed by atoms with E-state index in [2.05, 4.69) is 41.7 Å². The Balaban J connectivity index is 1.73. The number of fused-ring (bicyclic) bond motifs is 1. The molecule has 0 radical (unpaired) electrons. The third-order valence-electron chi connectivity index (χ3n) is 4.18. The molecule has 2 aromatic heterocycles. The van der Waals surface area contributed by atoms with Crippen molar-refractivity contribution in [1.82, 2.24) is 14.9 Å². The van der Waals surface area contributed by atoms with Crippen LogP contribution in [0.25, 0.3) is 0 Å². The Morgan fingerprint density at radius 3 is 2.95 bits per heavy atom. The van der Waals surface area contributed by atoms with E-state index in [4.69, 9.17) is 4.42 Å². The van der Waals surface area contributed by atoms with E-state index in [0.717, 1.165) is 37.5 Å². The van der Waals surface area contributed by atoms with E-state index < -0.39 is 0 Å².